The Hall–Kier alpha value is -1.15. The Labute approximate surface area is 137 Å². The average molecular weight is 340 g/mol. The number of carbonyl (C=O) groups excluding carboxylic acids is 2. The highest BCUT2D eigenvalue weighted by Crippen LogP contribution is 2.31. The van der Waals surface area contributed by atoms with Gasteiger partial charge in [0, 0.05) is 12.0 Å². The normalized spacial score (nSPS) is 18.9. The molecule has 2 aliphatic rings. The lowest BCUT2D eigenvalue weighted by Gasteiger charge is -2.22. The molecule has 0 aromatic carbocycles. The third-order valence-corrected chi connectivity index (χ3v) is 5.85. The second kappa shape index (κ2) is 7.41. The molecule has 8 heteroatoms. The first-order valence-electron chi connectivity index (χ1n) is 7.77. The highest BCUT2D eigenvalue weighted by atomic mass is 32.2. The van der Waals surface area contributed by atoms with E-state index in [1.807, 2.05) is 0 Å². The maximum absolute atomic E-state index is 11.9. The van der Waals surface area contributed by atoms with E-state index in [-0.39, 0.29) is 17.7 Å². The summed E-state index contributed by atoms with van der Waals surface area (Å²) in [5, 5.41) is 14.3. The average Bonchev–Trinajstić information content (AvgIpc) is 3.28. The van der Waals surface area contributed by atoms with Crippen molar-refractivity contribution in [2.75, 3.05) is 11.1 Å². The second-order valence-electron chi connectivity index (χ2n) is 5.83. The number of anilines is 1. The number of nitrogens with one attached hydrogen (secondary N) is 2. The predicted octanol–water partition coefficient (Wildman–Crippen LogP) is 2.43. The first-order chi connectivity index (χ1) is 10.7. The second-order valence-corrected chi connectivity index (χ2v) is 8.03. The van der Waals surface area contributed by atoms with Gasteiger partial charge in [0.1, 0.15) is 0 Å². The van der Waals surface area contributed by atoms with Crippen molar-refractivity contribution in [3.05, 3.63) is 0 Å². The van der Waals surface area contributed by atoms with Gasteiger partial charge < -0.3 is 10.6 Å². The molecule has 2 N–H and O–H groups in total. The lowest BCUT2D eigenvalue weighted by atomic mass is 9.95. The van der Waals surface area contributed by atoms with E-state index in [9.17, 15) is 9.59 Å². The summed E-state index contributed by atoms with van der Waals surface area (Å²) in [5.41, 5.74) is 0. The number of aromatic nitrogens is 2. The van der Waals surface area contributed by atoms with Gasteiger partial charge in [-0.25, -0.2) is 0 Å². The van der Waals surface area contributed by atoms with Crippen molar-refractivity contribution in [2.45, 2.75) is 55.3 Å². The van der Waals surface area contributed by atoms with Crippen LogP contribution in [0.4, 0.5) is 5.13 Å². The molecular weight excluding hydrogens is 320 g/mol. The molecule has 0 unspecified atom stereocenters. The largest absolute Gasteiger partial charge is 0.353 e. The Kier molecular flexibility index (Phi) is 5.30. The summed E-state index contributed by atoms with van der Waals surface area (Å²) in [6.45, 7) is 0. The van der Waals surface area contributed by atoms with Gasteiger partial charge in [-0.3, -0.25) is 9.59 Å². The number of hydrogen-bond donors (Lipinski definition) is 2. The summed E-state index contributed by atoms with van der Waals surface area (Å²) < 4.78 is 0.713. The van der Waals surface area contributed by atoms with Crippen LogP contribution in [0.5, 0.6) is 0 Å². The lowest BCUT2D eigenvalue weighted by Crippen LogP contribution is -2.37. The van der Waals surface area contributed by atoms with Gasteiger partial charge in [0.2, 0.25) is 16.9 Å². The predicted molar refractivity (Wildman–Crippen MR) is 87.0 cm³/mol. The van der Waals surface area contributed by atoms with Crippen molar-refractivity contribution < 1.29 is 9.59 Å². The molecule has 2 saturated carbocycles. The maximum Gasteiger partial charge on any atom is 0.230 e. The third kappa shape index (κ3) is 4.67. The van der Waals surface area contributed by atoms with Crippen LogP contribution in [0, 0.1) is 5.92 Å². The molecule has 0 atom stereocenters. The van der Waals surface area contributed by atoms with Crippen molar-refractivity contribution in [3.8, 4) is 0 Å². The SMILES string of the molecule is O=C(CSc1nnc(NC(=O)C2CC2)s1)NC1CCCCC1. The summed E-state index contributed by atoms with van der Waals surface area (Å²) in [7, 11) is 0. The van der Waals surface area contributed by atoms with Gasteiger partial charge in [0.25, 0.3) is 0 Å². The summed E-state index contributed by atoms with van der Waals surface area (Å²) in [5.74, 6) is 0.585. The first kappa shape index (κ1) is 15.7. The molecule has 22 heavy (non-hydrogen) atoms. The minimum absolute atomic E-state index is 0.0303. The van der Waals surface area contributed by atoms with Crippen molar-refractivity contribution in [1.29, 1.82) is 0 Å². The minimum atomic E-state index is 0.0303. The smallest absolute Gasteiger partial charge is 0.230 e. The van der Waals surface area contributed by atoms with Crippen LogP contribution in [0.1, 0.15) is 44.9 Å². The van der Waals surface area contributed by atoms with E-state index in [4.69, 9.17) is 0 Å². The summed E-state index contributed by atoms with van der Waals surface area (Å²) in [6, 6.07) is 0.338. The Morgan fingerprint density at radius 2 is 1.91 bits per heavy atom. The zero-order chi connectivity index (χ0) is 15.4. The van der Waals surface area contributed by atoms with E-state index in [0.29, 0.717) is 21.3 Å². The molecule has 0 bridgehead atoms. The van der Waals surface area contributed by atoms with Crippen LogP contribution in [0.15, 0.2) is 4.34 Å². The van der Waals surface area contributed by atoms with Gasteiger partial charge in [-0.15, -0.1) is 10.2 Å². The molecule has 1 heterocycles. The van der Waals surface area contributed by atoms with E-state index < -0.39 is 0 Å². The van der Waals surface area contributed by atoms with Crippen molar-refractivity contribution in [3.63, 3.8) is 0 Å². The van der Waals surface area contributed by atoms with Gasteiger partial charge in [0.15, 0.2) is 4.34 Å². The van der Waals surface area contributed by atoms with E-state index in [1.165, 1.54) is 42.4 Å². The molecule has 2 aliphatic carbocycles. The van der Waals surface area contributed by atoms with E-state index in [0.717, 1.165) is 25.7 Å². The van der Waals surface area contributed by atoms with Crippen molar-refractivity contribution in [1.82, 2.24) is 15.5 Å². The summed E-state index contributed by atoms with van der Waals surface area (Å²) in [6.07, 6.45) is 7.80. The van der Waals surface area contributed by atoms with Crippen LogP contribution >= 0.6 is 23.1 Å². The fourth-order valence-electron chi connectivity index (χ4n) is 2.52. The van der Waals surface area contributed by atoms with Gasteiger partial charge in [-0.1, -0.05) is 42.4 Å². The summed E-state index contributed by atoms with van der Waals surface area (Å²) >= 11 is 2.69. The quantitative estimate of drug-likeness (QED) is 0.614. The number of carbonyl (C=O) groups is 2. The number of amides is 2. The van der Waals surface area contributed by atoms with Crippen LogP contribution in [-0.2, 0) is 9.59 Å². The molecular formula is C14H20N4O2S2. The van der Waals surface area contributed by atoms with E-state index in [1.54, 1.807) is 0 Å². The first-order valence-corrected chi connectivity index (χ1v) is 9.57. The molecule has 2 amide bonds. The number of nitrogens with zero attached hydrogens (tertiary/aromatic N) is 2. The van der Waals surface area contributed by atoms with Crippen molar-refractivity contribution in [2.24, 2.45) is 5.92 Å². The number of hydrogen-bond acceptors (Lipinski definition) is 6. The van der Waals surface area contributed by atoms with E-state index >= 15 is 0 Å². The van der Waals surface area contributed by atoms with Gasteiger partial charge in [0.05, 0.1) is 5.75 Å². The molecule has 120 valence electrons. The molecule has 2 fully saturated rings. The Morgan fingerprint density at radius 3 is 2.64 bits per heavy atom. The van der Waals surface area contributed by atoms with Gasteiger partial charge >= 0.3 is 0 Å². The fourth-order valence-corrected chi connectivity index (χ4v) is 4.08. The zero-order valence-corrected chi connectivity index (χ0v) is 14.0. The Balaban J connectivity index is 1.40. The minimum Gasteiger partial charge on any atom is -0.353 e. The Morgan fingerprint density at radius 1 is 1.14 bits per heavy atom. The molecule has 0 spiro atoms. The molecule has 6 nitrogen and oxygen atoms in total. The van der Waals surface area contributed by atoms with Crippen LogP contribution in [0.2, 0.25) is 0 Å². The van der Waals surface area contributed by atoms with E-state index in [2.05, 4.69) is 20.8 Å². The molecule has 1 aromatic rings. The fraction of sp³-hybridized carbons (Fsp3) is 0.714. The highest BCUT2D eigenvalue weighted by Gasteiger charge is 2.30. The standard InChI is InChI=1S/C14H20N4O2S2/c19-11(15-10-4-2-1-3-5-10)8-21-14-18-17-13(22-14)16-12(20)9-6-7-9/h9-10H,1-8H2,(H,15,19)(H,16,17,20). The molecule has 1 aromatic heterocycles. The topological polar surface area (TPSA) is 84.0 Å². The third-order valence-electron chi connectivity index (χ3n) is 3.88. The van der Waals surface area contributed by atoms with Crippen LogP contribution in [0.3, 0.4) is 0 Å². The van der Waals surface area contributed by atoms with Crippen LogP contribution in [-0.4, -0.2) is 33.8 Å². The van der Waals surface area contributed by atoms with Crippen molar-refractivity contribution >= 4 is 40.0 Å². The monoisotopic (exact) mass is 340 g/mol. The zero-order valence-electron chi connectivity index (χ0n) is 12.3. The van der Waals surface area contributed by atoms with Gasteiger partial charge in [-0.05, 0) is 25.7 Å². The van der Waals surface area contributed by atoms with Crippen LogP contribution in [0.25, 0.3) is 0 Å². The number of thioether (sulfide) groups is 1. The highest BCUT2D eigenvalue weighted by molar-refractivity contribution is 8.01. The van der Waals surface area contributed by atoms with Gasteiger partial charge in [-0.2, -0.15) is 0 Å². The molecule has 3 rings (SSSR count). The maximum atomic E-state index is 11.9. The molecule has 0 aliphatic heterocycles. The number of rotatable bonds is 6. The summed E-state index contributed by atoms with van der Waals surface area (Å²) in [4.78, 5) is 23.5. The Bertz CT molecular complexity index is 539. The van der Waals surface area contributed by atoms with Crippen LogP contribution < -0.4 is 10.6 Å². The molecule has 0 radical (unpaired) electrons. The molecule has 0 saturated heterocycles. The lowest BCUT2D eigenvalue weighted by molar-refractivity contribution is -0.119.